The Morgan fingerprint density at radius 2 is 1.54 bits per heavy atom. The average Bonchev–Trinajstić information content (AvgIpc) is 3.30. The summed E-state index contributed by atoms with van der Waals surface area (Å²) in [7, 11) is 0. The fourth-order valence-electron chi connectivity index (χ4n) is 11.1. The number of allylic oxidation sites excluding steroid dienone is 1. The van der Waals surface area contributed by atoms with E-state index in [0.29, 0.717) is 11.1 Å². The first kappa shape index (κ1) is 51.5. The zero-order valence-corrected chi connectivity index (χ0v) is 39.9. The van der Waals surface area contributed by atoms with Crippen molar-refractivity contribution in [1.29, 1.82) is 0 Å². The largest absolute Gasteiger partial charge is 0.488 e. The summed E-state index contributed by atoms with van der Waals surface area (Å²) in [6.45, 7) is 15.0. The number of nitrogens with one attached hydrogen (secondary N) is 1. The molecule has 2 aliphatic heterocycles. The zero-order valence-electron chi connectivity index (χ0n) is 39.9. The van der Waals surface area contributed by atoms with Gasteiger partial charge in [-0.2, -0.15) is 0 Å². The van der Waals surface area contributed by atoms with Gasteiger partial charge in [-0.1, -0.05) is 75.0 Å². The van der Waals surface area contributed by atoms with Crippen LogP contribution >= 0.6 is 0 Å². The molecule has 0 aromatic heterocycles. The number of aliphatic hydroxyl groups excluding tert-OH is 4. The second kappa shape index (κ2) is 19.5. The third-order valence-corrected chi connectivity index (χ3v) is 15.1. The number of rotatable bonds is 13. The van der Waals surface area contributed by atoms with Crippen LogP contribution < -0.4 is 5.32 Å². The van der Waals surface area contributed by atoms with Crippen LogP contribution in [0, 0.1) is 16.7 Å². The molecule has 2 saturated carbocycles. The van der Waals surface area contributed by atoms with Crippen LogP contribution in [0.4, 0.5) is 0 Å². The number of esters is 3. The third kappa shape index (κ3) is 8.94. The number of hydrogen-bond acceptors (Lipinski definition) is 17. The first-order valence-electron chi connectivity index (χ1n) is 23.0. The topological polar surface area (TPSA) is 263 Å². The molecule has 1 amide bonds. The van der Waals surface area contributed by atoms with Gasteiger partial charge in [0, 0.05) is 37.7 Å². The smallest absolute Gasteiger partial charge is 0.338 e. The first-order valence-corrected chi connectivity index (χ1v) is 23.0. The maximum Gasteiger partial charge on any atom is 0.338 e. The molecule has 0 spiro atoms. The van der Waals surface area contributed by atoms with Gasteiger partial charge in [-0.3, -0.25) is 19.2 Å². The molecule has 7 rings (SSSR count). The van der Waals surface area contributed by atoms with Crippen molar-refractivity contribution in [3.8, 4) is 0 Å². The number of fused-ring (bicyclic) bond motifs is 5. The van der Waals surface area contributed by atoms with Crippen LogP contribution in [-0.4, -0.2) is 141 Å². The Bertz CT molecular complexity index is 2390. The number of aliphatic hydroxyl groups is 5. The van der Waals surface area contributed by atoms with Crippen LogP contribution in [0.1, 0.15) is 90.2 Å². The molecule has 0 unspecified atom stereocenters. The molecule has 69 heavy (non-hydrogen) atoms. The molecule has 5 aliphatic rings. The number of hydrogen-bond donors (Lipinski definition) is 6. The molecule has 374 valence electrons. The summed E-state index contributed by atoms with van der Waals surface area (Å²) >= 11 is 0. The van der Waals surface area contributed by atoms with Crippen LogP contribution in [-0.2, 0) is 52.3 Å². The van der Waals surface area contributed by atoms with E-state index < -0.39 is 138 Å². The van der Waals surface area contributed by atoms with Crippen LogP contribution in [0.15, 0.2) is 95.8 Å². The summed E-state index contributed by atoms with van der Waals surface area (Å²) in [5.74, 6) is -5.88. The second-order valence-corrected chi connectivity index (χ2v) is 19.5. The number of ketones is 1. The molecule has 15 atom stereocenters. The van der Waals surface area contributed by atoms with Crippen molar-refractivity contribution in [2.45, 2.75) is 147 Å². The van der Waals surface area contributed by atoms with Crippen molar-refractivity contribution in [3.05, 3.63) is 107 Å². The van der Waals surface area contributed by atoms with E-state index in [-0.39, 0.29) is 35.5 Å². The highest BCUT2D eigenvalue weighted by Gasteiger charge is 2.79. The average molecular weight is 962 g/mol. The van der Waals surface area contributed by atoms with Crippen molar-refractivity contribution in [1.82, 2.24) is 5.32 Å². The molecule has 2 bridgehead atoms. The molecule has 4 fully saturated rings. The van der Waals surface area contributed by atoms with Gasteiger partial charge in [0.05, 0.1) is 42.3 Å². The minimum absolute atomic E-state index is 0.0422. The van der Waals surface area contributed by atoms with Crippen LogP contribution in [0.25, 0.3) is 0 Å². The fraction of sp³-hybridized carbons (Fsp3) is 0.549. The van der Waals surface area contributed by atoms with Gasteiger partial charge in [-0.25, -0.2) is 4.79 Å². The molecule has 3 aliphatic carbocycles. The van der Waals surface area contributed by atoms with Gasteiger partial charge in [0.25, 0.3) is 0 Å². The molecule has 2 aromatic carbocycles. The lowest BCUT2D eigenvalue weighted by molar-refractivity contribution is -0.366. The van der Waals surface area contributed by atoms with Crippen molar-refractivity contribution < 1.29 is 82.7 Å². The second-order valence-electron chi connectivity index (χ2n) is 19.5. The fourth-order valence-corrected chi connectivity index (χ4v) is 11.1. The minimum Gasteiger partial charge on any atom is -0.488 e. The van der Waals surface area contributed by atoms with Crippen LogP contribution in [0.5, 0.6) is 0 Å². The Hall–Kier alpha value is -5.31. The van der Waals surface area contributed by atoms with Crippen molar-refractivity contribution in [2.24, 2.45) is 16.7 Å². The van der Waals surface area contributed by atoms with E-state index in [4.69, 9.17) is 33.2 Å². The molecule has 2 aromatic rings. The van der Waals surface area contributed by atoms with Crippen molar-refractivity contribution in [2.75, 3.05) is 13.2 Å². The molecule has 2 saturated heterocycles. The predicted molar refractivity (Wildman–Crippen MR) is 242 cm³/mol. The lowest BCUT2D eigenvalue weighted by Crippen LogP contribution is -2.82. The Kier molecular flexibility index (Phi) is 14.5. The van der Waals surface area contributed by atoms with Gasteiger partial charge >= 0.3 is 17.9 Å². The number of carbonyl (C=O) groups excluding carboxylic acids is 5. The van der Waals surface area contributed by atoms with E-state index in [0.717, 1.165) is 13.8 Å². The van der Waals surface area contributed by atoms with E-state index in [2.05, 4.69) is 11.9 Å². The molecule has 2 heterocycles. The highest BCUT2D eigenvalue weighted by molar-refractivity contribution is 5.96. The van der Waals surface area contributed by atoms with Gasteiger partial charge in [0.2, 0.25) is 5.91 Å². The molecular formula is C51H63NO17. The Labute approximate surface area is 400 Å². The summed E-state index contributed by atoms with van der Waals surface area (Å²) in [6, 6.07) is 15.4. The monoisotopic (exact) mass is 961 g/mol. The summed E-state index contributed by atoms with van der Waals surface area (Å²) in [5.41, 5.74) is -6.81. The summed E-state index contributed by atoms with van der Waals surface area (Å²) < 4.78 is 43.7. The predicted octanol–water partition coefficient (Wildman–Crippen LogP) is 2.84. The number of carbonyl (C=O) groups is 5. The van der Waals surface area contributed by atoms with Crippen LogP contribution in [0.3, 0.4) is 0 Å². The summed E-state index contributed by atoms with van der Waals surface area (Å²) in [4.78, 5) is 70.8. The van der Waals surface area contributed by atoms with Gasteiger partial charge in [0.1, 0.15) is 54.1 Å². The van der Waals surface area contributed by atoms with Gasteiger partial charge in [0.15, 0.2) is 23.8 Å². The zero-order chi connectivity index (χ0) is 50.5. The molecule has 18 nitrogen and oxygen atoms in total. The first-order chi connectivity index (χ1) is 32.4. The number of ether oxygens (including phenoxy) is 7. The van der Waals surface area contributed by atoms with Gasteiger partial charge in [-0.05, 0) is 56.5 Å². The lowest BCUT2D eigenvalue weighted by Gasteiger charge is -2.68. The van der Waals surface area contributed by atoms with Crippen molar-refractivity contribution in [3.63, 3.8) is 0 Å². The molecule has 0 radical (unpaired) electrons. The van der Waals surface area contributed by atoms with Crippen LogP contribution in [0.2, 0.25) is 0 Å². The standard InChI is InChI=1S/C51H63NO17/c1-10-25(2)45(60)52-37(30-17-13-11-14-18-30)38(56)27(4)65-33-22-51(62)44(68-46(61)31-19-15-12-16-20-31)42-49(9,43(59)41(66-28(5)53)36(26(33)3)48(51,7)8)34(21-35-50(42,24-64-35)69-29(6)54)67-47-40(58)39(57)32(55)23-63-47/h10-20,32-35,37-42,44,47,55-58,62H,4,21-24H2,1-3,5-9H3,(H,52,60)/b25-10+/t32-,33+,34-,35+,37-,38-,39-,40+,41-,42-,44+,47-,49+,50-,51+/m0/s1. The van der Waals surface area contributed by atoms with Crippen molar-refractivity contribution >= 4 is 29.6 Å². The molecule has 6 N–H and O–H groups in total. The highest BCUT2D eigenvalue weighted by Crippen LogP contribution is 2.65. The SMILES string of the molecule is C=C(O[C@@H]1C[C@@]2(O)[C@H](OC(=O)c3ccccc3)[C@@H]3[C@]4(OC(C)=O)CO[C@@H]4C[C@H](O[C@@H]4OC[C@H](O)[C@H](O)[C@H]4O)[C@@]3(C)C(=O)[C@@H](OC(C)=O)C(=C1C)C2(C)C)[C@H](O)[C@@H](NC(=O)/C(C)=C/C)c1ccccc1. The Morgan fingerprint density at radius 3 is 2.12 bits per heavy atom. The van der Waals surface area contributed by atoms with E-state index in [1.807, 2.05) is 0 Å². The summed E-state index contributed by atoms with van der Waals surface area (Å²) in [5, 5.41) is 61.1. The Morgan fingerprint density at radius 1 is 0.899 bits per heavy atom. The maximum absolute atomic E-state index is 16.2. The van der Waals surface area contributed by atoms with E-state index in [1.54, 1.807) is 89.2 Å². The van der Waals surface area contributed by atoms with E-state index in [9.17, 15) is 44.7 Å². The summed E-state index contributed by atoms with van der Waals surface area (Å²) in [6.07, 6.45) is -15.0. The number of Topliss-reactive ketones (excluding diaryl/α,β-unsaturated/α-hetero) is 1. The minimum atomic E-state index is -2.39. The molecular weight excluding hydrogens is 899 g/mol. The van der Waals surface area contributed by atoms with Gasteiger partial charge < -0.3 is 64.0 Å². The van der Waals surface area contributed by atoms with Gasteiger partial charge in [-0.15, -0.1) is 0 Å². The normalized spacial score (nSPS) is 35.8. The van der Waals surface area contributed by atoms with E-state index in [1.165, 1.54) is 19.1 Å². The number of benzene rings is 2. The number of amides is 1. The van der Waals surface area contributed by atoms with E-state index >= 15 is 4.79 Å². The molecule has 18 heteroatoms. The third-order valence-electron chi connectivity index (χ3n) is 15.1. The maximum atomic E-state index is 16.2. The Balaban J connectivity index is 1.44. The highest BCUT2D eigenvalue weighted by atomic mass is 16.7. The lowest BCUT2D eigenvalue weighted by atomic mass is 9.44. The quantitative estimate of drug-likeness (QED) is 0.0554.